The number of allylic oxidation sites excluding steroid dienone is 2. The molecule has 0 bridgehead atoms. The molecule has 1 amide bonds. The zero-order chi connectivity index (χ0) is 32.0. The maximum Gasteiger partial charge on any atom is 0.335 e. The van der Waals surface area contributed by atoms with Crippen molar-refractivity contribution >= 4 is 17.8 Å². The fraction of sp³-hybridized carbons (Fsp3) is 0.594. The van der Waals surface area contributed by atoms with Gasteiger partial charge in [0.15, 0.2) is 0 Å². The normalized spacial score (nSPS) is 31.2. The van der Waals surface area contributed by atoms with Gasteiger partial charge in [-0.25, -0.2) is 4.79 Å². The highest BCUT2D eigenvalue weighted by atomic mass is 16.7. The van der Waals surface area contributed by atoms with Crippen molar-refractivity contribution in [3.8, 4) is 11.8 Å². The molecule has 242 valence electrons. The van der Waals surface area contributed by atoms with E-state index in [0.29, 0.717) is 30.6 Å². The highest BCUT2D eigenvalue weighted by Crippen LogP contribution is 2.43. The number of carbonyl (C=O) groups is 3. The zero-order valence-corrected chi connectivity index (χ0v) is 25.9. The van der Waals surface area contributed by atoms with Crippen LogP contribution in [-0.2, 0) is 33.3 Å². The van der Waals surface area contributed by atoms with Crippen LogP contribution in [-0.4, -0.2) is 81.6 Å². The molecule has 3 fully saturated rings. The number of aromatic nitrogens is 1. The number of rotatable bonds is 11. The van der Waals surface area contributed by atoms with Crippen molar-refractivity contribution in [3.05, 3.63) is 48.1 Å². The van der Waals surface area contributed by atoms with Crippen molar-refractivity contribution in [3.63, 3.8) is 0 Å². The van der Waals surface area contributed by atoms with E-state index in [9.17, 15) is 24.6 Å². The van der Waals surface area contributed by atoms with Gasteiger partial charge in [-0.2, -0.15) is 0 Å². The first-order chi connectivity index (χ1) is 20.8. The summed E-state index contributed by atoms with van der Waals surface area (Å²) < 4.78 is 23.8. The fourth-order valence-corrected chi connectivity index (χ4v) is 5.70. The zero-order valence-electron chi connectivity index (χ0n) is 25.9. The lowest BCUT2D eigenvalue weighted by Gasteiger charge is -2.39. The van der Waals surface area contributed by atoms with E-state index >= 15 is 0 Å². The Kier molecular flexibility index (Phi) is 10.9. The van der Waals surface area contributed by atoms with Gasteiger partial charge in [-0.05, 0) is 45.6 Å². The Hall–Kier alpha value is -3.61. The largest absolute Gasteiger partial charge is 0.492 e. The van der Waals surface area contributed by atoms with Crippen LogP contribution in [0.1, 0.15) is 66.7 Å². The Labute approximate surface area is 257 Å². The summed E-state index contributed by atoms with van der Waals surface area (Å²) in [5, 5.41) is 22.4. The third-order valence-electron chi connectivity index (χ3n) is 8.14. The summed E-state index contributed by atoms with van der Waals surface area (Å²) in [7, 11) is 0. The van der Waals surface area contributed by atoms with Crippen molar-refractivity contribution < 1.29 is 48.4 Å². The first-order valence-electron chi connectivity index (χ1n) is 15.1. The van der Waals surface area contributed by atoms with E-state index in [-0.39, 0.29) is 60.0 Å². The molecule has 12 nitrogen and oxygen atoms in total. The summed E-state index contributed by atoms with van der Waals surface area (Å²) in [4.78, 5) is 41.0. The van der Waals surface area contributed by atoms with E-state index in [2.05, 4.69) is 18.3 Å². The second kappa shape index (κ2) is 14.4. The van der Waals surface area contributed by atoms with Gasteiger partial charge in [0, 0.05) is 38.0 Å². The van der Waals surface area contributed by atoms with E-state index in [1.165, 1.54) is 25.1 Å². The van der Waals surface area contributed by atoms with Crippen LogP contribution in [0.15, 0.2) is 48.1 Å². The van der Waals surface area contributed by atoms with Gasteiger partial charge in [0.2, 0.25) is 17.7 Å². The van der Waals surface area contributed by atoms with E-state index in [1.54, 1.807) is 13.0 Å². The summed E-state index contributed by atoms with van der Waals surface area (Å²) in [6, 6.07) is 2.32. The SMILES string of the molecule is CC(=O)OC(C)C=CC(=O)NC1CC(C)C(CC=C(C)C=CC2CC3(CO3)CC(CC(=O)On3c(O)ccc3O)O2)OC1C. The van der Waals surface area contributed by atoms with Crippen LogP contribution in [0.4, 0.5) is 0 Å². The number of carbonyl (C=O) groups excluding carboxylic acids is 3. The summed E-state index contributed by atoms with van der Waals surface area (Å²) in [5.41, 5.74) is 0.738. The third kappa shape index (κ3) is 9.44. The van der Waals surface area contributed by atoms with Crippen LogP contribution in [0.3, 0.4) is 0 Å². The third-order valence-corrected chi connectivity index (χ3v) is 8.14. The molecule has 3 aliphatic rings. The van der Waals surface area contributed by atoms with Crippen molar-refractivity contribution in [2.75, 3.05) is 6.61 Å². The van der Waals surface area contributed by atoms with Gasteiger partial charge in [0.05, 0.1) is 49.1 Å². The van der Waals surface area contributed by atoms with Gasteiger partial charge in [0.1, 0.15) is 6.10 Å². The molecule has 0 saturated carbocycles. The molecule has 0 aromatic carbocycles. The van der Waals surface area contributed by atoms with Gasteiger partial charge in [-0.15, -0.1) is 4.73 Å². The first kappa shape index (κ1) is 33.3. The monoisotopic (exact) mass is 616 g/mol. The maximum absolute atomic E-state index is 12.5. The van der Waals surface area contributed by atoms with E-state index < -0.39 is 24.1 Å². The van der Waals surface area contributed by atoms with E-state index in [4.69, 9.17) is 23.8 Å². The molecule has 44 heavy (non-hydrogen) atoms. The maximum atomic E-state index is 12.5. The Morgan fingerprint density at radius 1 is 1.14 bits per heavy atom. The smallest absolute Gasteiger partial charge is 0.335 e. The molecule has 1 spiro atoms. The predicted octanol–water partition coefficient (Wildman–Crippen LogP) is 3.26. The van der Waals surface area contributed by atoms with Crippen LogP contribution < -0.4 is 10.2 Å². The highest BCUT2D eigenvalue weighted by molar-refractivity contribution is 5.87. The lowest BCUT2D eigenvalue weighted by atomic mass is 9.88. The van der Waals surface area contributed by atoms with Crippen LogP contribution in [0.5, 0.6) is 11.8 Å². The average Bonchev–Trinajstić information content (AvgIpc) is 3.61. The summed E-state index contributed by atoms with van der Waals surface area (Å²) in [6.45, 7) is 9.71. The lowest BCUT2D eigenvalue weighted by molar-refractivity contribution is -0.151. The number of nitrogens with zero attached hydrogens (tertiary/aromatic N) is 1. The molecule has 3 saturated heterocycles. The van der Waals surface area contributed by atoms with Crippen LogP contribution >= 0.6 is 0 Å². The van der Waals surface area contributed by atoms with Crippen molar-refractivity contribution in [2.45, 2.75) is 109 Å². The van der Waals surface area contributed by atoms with Crippen molar-refractivity contribution in [1.29, 1.82) is 0 Å². The predicted molar refractivity (Wildman–Crippen MR) is 158 cm³/mol. The molecule has 0 aliphatic carbocycles. The number of ether oxygens (including phenoxy) is 4. The van der Waals surface area contributed by atoms with Crippen molar-refractivity contribution in [2.24, 2.45) is 5.92 Å². The van der Waals surface area contributed by atoms with Gasteiger partial charge >= 0.3 is 11.9 Å². The van der Waals surface area contributed by atoms with Gasteiger partial charge in [0.25, 0.3) is 0 Å². The van der Waals surface area contributed by atoms with Crippen LogP contribution in [0.25, 0.3) is 0 Å². The Morgan fingerprint density at radius 2 is 1.84 bits per heavy atom. The molecule has 4 rings (SSSR count). The molecule has 1 aromatic rings. The van der Waals surface area contributed by atoms with E-state index in [1.807, 2.05) is 26.0 Å². The topological polar surface area (TPSA) is 158 Å². The van der Waals surface area contributed by atoms with Gasteiger partial charge in [-0.3, -0.25) is 9.59 Å². The standard InChI is InChI=1S/C32H44N2O10/c1-19(7-10-27-20(2)14-26(22(4)42-27)33-28(36)11-8-21(3)41-23(5)35)6-9-24-16-32(18-40-32)17-25(43-24)15-31(39)44-34-29(37)12-13-30(34)38/h6-9,11-13,20-22,24-27,37-38H,10,14-18H2,1-5H3,(H,33,36). The number of nitrogens with one attached hydrogen (secondary N) is 1. The lowest BCUT2D eigenvalue weighted by Crippen LogP contribution is -2.50. The number of amides is 1. The minimum absolute atomic E-state index is 0.00431. The summed E-state index contributed by atoms with van der Waals surface area (Å²) in [5.74, 6) is -1.83. The molecule has 8 unspecified atom stereocenters. The second-order valence-corrected chi connectivity index (χ2v) is 12.1. The Balaban J connectivity index is 1.24. The molecule has 4 heterocycles. The number of epoxide rings is 1. The average molecular weight is 617 g/mol. The minimum atomic E-state index is -0.642. The van der Waals surface area contributed by atoms with Gasteiger partial charge < -0.3 is 39.3 Å². The van der Waals surface area contributed by atoms with Crippen molar-refractivity contribution in [1.82, 2.24) is 10.0 Å². The number of esters is 1. The second-order valence-electron chi connectivity index (χ2n) is 12.1. The number of hydrogen-bond donors (Lipinski definition) is 3. The molecular weight excluding hydrogens is 572 g/mol. The molecule has 3 aliphatic heterocycles. The molecular formula is C32H44N2O10. The fourth-order valence-electron chi connectivity index (χ4n) is 5.70. The minimum Gasteiger partial charge on any atom is -0.492 e. The molecule has 12 heteroatoms. The molecule has 8 atom stereocenters. The Morgan fingerprint density at radius 3 is 2.50 bits per heavy atom. The first-order valence-corrected chi connectivity index (χ1v) is 15.1. The molecule has 1 aromatic heterocycles. The van der Waals surface area contributed by atoms with Gasteiger partial charge in [-0.1, -0.05) is 30.7 Å². The summed E-state index contributed by atoms with van der Waals surface area (Å²) >= 11 is 0. The molecule has 0 radical (unpaired) electrons. The van der Waals surface area contributed by atoms with E-state index in [0.717, 1.165) is 12.0 Å². The van der Waals surface area contributed by atoms with Crippen LogP contribution in [0, 0.1) is 5.92 Å². The quantitative estimate of drug-likeness (QED) is 0.146. The van der Waals surface area contributed by atoms with Crippen LogP contribution in [0.2, 0.25) is 0 Å². The summed E-state index contributed by atoms with van der Waals surface area (Å²) in [6.07, 6.45) is 10.4. The highest BCUT2D eigenvalue weighted by Gasteiger charge is 2.51. The number of aromatic hydroxyl groups is 2. The Bertz CT molecular complexity index is 1260. The number of hydrogen-bond acceptors (Lipinski definition) is 10. The molecule has 3 N–H and O–H groups in total.